The molecule has 1 N–H and O–H groups in total. The van der Waals surface area contributed by atoms with Crippen molar-refractivity contribution in [1.29, 1.82) is 0 Å². The summed E-state index contributed by atoms with van der Waals surface area (Å²) < 4.78 is 18.7. The van der Waals surface area contributed by atoms with Crippen LogP contribution >= 0.6 is 11.3 Å². The summed E-state index contributed by atoms with van der Waals surface area (Å²) in [6.45, 7) is 4.29. The van der Waals surface area contributed by atoms with E-state index in [0.29, 0.717) is 50.0 Å². The second kappa shape index (κ2) is 11.6. The van der Waals surface area contributed by atoms with E-state index in [1.165, 1.54) is 11.3 Å². The van der Waals surface area contributed by atoms with Gasteiger partial charge in [0.2, 0.25) is 0 Å². The fraction of sp³-hybridized carbons (Fsp3) is 0.194. The third kappa shape index (κ3) is 5.28. The van der Waals surface area contributed by atoms with E-state index in [-0.39, 0.29) is 11.5 Å². The Hall–Kier alpha value is -4.63. The zero-order valence-corrected chi connectivity index (χ0v) is 23.5. The zero-order valence-electron chi connectivity index (χ0n) is 22.6. The number of rotatable bonds is 8. The normalized spacial score (nSPS) is 14.8. The Bertz CT molecular complexity index is 1760. The SMILES string of the molecule is CCOc1ccc(/C=c2\sc3n(c2=O)[C@@H](c2ccc(OC)cc2OC)C(C(=O)Nc2ccccc2)=C(C)N=3)cc1. The average molecular weight is 556 g/mol. The Morgan fingerprint density at radius 2 is 1.75 bits per heavy atom. The minimum atomic E-state index is -0.775. The summed E-state index contributed by atoms with van der Waals surface area (Å²) in [5.74, 6) is 1.50. The summed E-state index contributed by atoms with van der Waals surface area (Å²) in [5.41, 5.74) is 2.76. The Labute approximate surface area is 235 Å². The molecule has 0 saturated heterocycles. The number of fused-ring (bicyclic) bond motifs is 1. The maximum atomic E-state index is 14.0. The van der Waals surface area contributed by atoms with Crippen LogP contribution in [0.2, 0.25) is 0 Å². The van der Waals surface area contributed by atoms with Crippen molar-refractivity contribution in [3.63, 3.8) is 0 Å². The number of benzene rings is 3. The monoisotopic (exact) mass is 555 g/mol. The summed E-state index contributed by atoms with van der Waals surface area (Å²) in [7, 11) is 3.12. The molecule has 0 fully saturated rings. The molecule has 1 aliphatic heterocycles. The molecule has 1 atom stereocenters. The number of thiazole rings is 1. The molecule has 8 nitrogen and oxygen atoms in total. The van der Waals surface area contributed by atoms with Gasteiger partial charge in [0.1, 0.15) is 23.3 Å². The van der Waals surface area contributed by atoms with Gasteiger partial charge in [-0.1, -0.05) is 41.7 Å². The smallest absolute Gasteiger partial charge is 0.271 e. The number of para-hydroxylation sites is 1. The van der Waals surface area contributed by atoms with Crippen LogP contribution < -0.4 is 34.4 Å². The molecule has 2 heterocycles. The summed E-state index contributed by atoms with van der Waals surface area (Å²) >= 11 is 1.28. The van der Waals surface area contributed by atoms with Gasteiger partial charge in [-0.25, -0.2) is 4.99 Å². The first-order valence-electron chi connectivity index (χ1n) is 12.8. The quantitative estimate of drug-likeness (QED) is 0.350. The summed E-state index contributed by atoms with van der Waals surface area (Å²) in [4.78, 5) is 32.9. The summed E-state index contributed by atoms with van der Waals surface area (Å²) in [5, 5.41) is 2.96. The second-order valence-corrected chi connectivity index (χ2v) is 10.0. The highest BCUT2D eigenvalue weighted by Gasteiger charge is 2.34. The average Bonchev–Trinajstić information content (AvgIpc) is 3.27. The number of methoxy groups -OCH3 is 2. The van der Waals surface area contributed by atoms with Crippen LogP contribution in [-0.4, -0.2) is 31.3 Å². The summed E-state index contributed by atoms with van der Waals surface area (Å²) in [6.07, 6.45) is 1.82. The van der Waals surface area contributed by atoms with Crippen molar-refractivity contribution in [3.8, 4) is 17.2 Å². The van der Waals surface area contributed by atoms with Crippen molar-refractivity contribution in [3.05, 3.63) is 115 Å². The number of anilines is 1. The van der Waals surface area contributed by atoms with Crippen LogP contribution in [-0.2, 0) is 4.79 Å². The van der Waals surface area contributed by atoms with Gasteiger partial charge in [-0.05, 0) is 61.9 Å². The van der Waals surface area contributed by atoms with Crippen molar-refractivity contribution < 1.29 is 19.0 Å². The number of nitrogens with one attached hydrogen (secondary N) is 1. The molecule has 4 aromatic rings. The van der Waals surface area contributed by atoms with Gasteiger partial charge in [0, 0.05) is 17.3 Å². The van der Waals surface area contributed by atoms with Crippen LogP contribution in [0.25, 0.3) is 6.08 Å². The minimum absolute atomic E-state index is 0.252. The lowest BCUT2D eigenvalue weighted by Gasteiger charge is -2.26. The highest BCUT2D eigenvalue weighted by atomic mass is 32.1. The first-order valence-corrected chi connectivity index (χ1v) is 13.6. The van der Waals surface area contributed by atoms with E-state index < -0.39 is 6.04 Å². The molecular weight excluding hydrogens is 526 g/mol. The lowest BCUT2D eigenvalue weighted by Crippen LogP contribution is -2.40. The molecule has 0 spiro atoms. The molecule has 0 bridgehead atoms. The topological polar surface area (TPSA) is 91.1 Å². The van der Waals surface area contributed by atoms with Gasteiger partial charge in [-0.15, -0.1) is 0 Å². The Morgan fingerprint density at radius 1 is 1.02 bits per heavy atom. The van der Waals surface area contributed by atoms with E-state index in [1.807, 2.05) is 73.7 Å². The van der Waals surface area contributed by atoms with Crippen molar-refractivity contribution in [2.24, 2.45) is 4.99 Å². The van der Waals surface area contributed by atoms with Gasteiger partial charge in [0.05, 0.1) is 36.6 Å². The van der Waals surface area contributed by atoms with Gasteiger partial charge in [0.25, 0.3) is 11.5 Å². The molecule has 0 radical (unpaired) electrons. The van der Waals surface area contributed by atoms with Crippen LogP contribution in [0.1, 0.15) is 31.0 Å². The predicted octanol–water partition coefficient (Wildman–Crippen LogP) is 4.29. The van der Waals surface area contributed by atoms with E-state index in [0.717, 1.165) is 11.3 Å². The molecule has 5 rings (SSSR count). The zero-order chi connectivity index (χ0) is 28.2. The van der Waals surface area contributed by atoms with Crippen LogP contribution in [0.5, 0.6) is 17.2 Å². The van der Waals surface area contributed by atoms with Crippen LogP contribution in [0.4, 0.5) is 5.69 Å². The summed E-state index contributed by atoms with van der Waals surface area (Å²) in [6, 6.07) is 21.3. The molecule has 0 saturated carbocycles. The van der Waals surface area contributed by atoms with Crippen molar-refractivity contribution >= 4 is 29.0 Å². The first-order chi connectivity index (χ1) is 19.4. The third-order valence-electron chi connectivity index (χ3n) is 6.52. The van der Waals surface area contributed by atoms with E-state index in [9.17, 15) is 9.59 Å². The van der Waals surface area contributed by atoms with Gasteiger partial charge in [0.15, 0.2) is 4.80 Å². The van der Waals surface area contributed by atoms with Crippen molar-refractivity contribution in [1.82, 2.24) is 4.57 Å². The minimum Gasteiger partial charge on any atom is -0.497 e. The lowest BCUT2D eigenvalue weighted by atomic mass is 9.94. The van der Waals surface area contributed by atoms with Gasteiger partial charge in [-0.3, -0.25) is 14.2 Å². The maximum absolute atomic E-state index is 14.0. The molecule has 204 valence electrons. The fourth-order valence-electron chi connectivity index (χ4n) is 4.65. The van der Waals surface area contributed by atoms with Crippen LogP contribution in [0.3, 0.4) is 0 Å². The number of hydrogen-bond acceptors (Lipinski definition) is 7. The molecule has 0 aliphatic carbocycles. The van der Waals surface area contributed by atoms with E-state index >= 15 is 0 Å². The van der Waals surface area contributed by atoms with E-state index in [4.69, 9.17) is 19.2 Å². The number of nitrogens with zero attached hydrogens (tertiary/aromatic N) is 2. The fourth-order valence-corrected chi connectivity index (χ4v) is 5.70. The second-order valence-electron chi connectivity index (χ2n) is 9.01. The van der Waals surface area contributed by atoms with Crippen LogP contribution in [0, 0.1) is 0 Å². The number of allylic oxidation sites excluding steroid dienone is 1. The molecule has 1 amide bonds. The van der Waals surface area contributed by atoms with Crippen molar-refractivity contribution in [2.75, 3.05) is 26.1 Å². The third-order valence-corrected chi connectivity index (χ3v) is 7.51. The first kappa shape index (κ1) is 27.0. The number of carbonyl (C=O) groups excluding carboxylic acids is 1. The highest BCUT2D eigenvalue weighted by Crippen LogP contribution is 2.37. The predicted molar refractivity (Wildman–Crippen MR) is 156 cm³/mol. The van der Waals surface area contributed by atoms with Crippen LogP contribution in [0.15, 0.2) is 93.9 Å². The molecule has 1 aromatic heterocycles. The van der Waals surface area contributed by atoms with E-state index in [1.54, 1.807) is 37.8 Å². The number of ether oxygens (including phenoxy) is 3. The maximum Gasteiger partial charge on any atom is 0.271 e. The highest BCUT2D eigenvalue weighted by molar-refractivity contribution is 7.07. The lowest BCUT2D eigenvalue weighted by molar-refractivity contribution is -0.113. The standard InChI is InChI=1S/C31H29N3O5S/c1-5-39-22-13-11-20(12-14-22)17-26-30(36)34-28(24-16-15-23(37-3)18-25(24)38-4)27(19(2)32-31(34)40-26)29(35)33-21-9-7-6-8-10-21/h6-18,28H,5H2,1-4H3,(H,33,35)/b26-17-/t28-/m0/s1. The number of amides is 1. The number of aromatic nitrogens is 1. The van der Waals surface area contributed by atoms with Gasteiger partial charge in [-0.2, -0.15) is 0 Å². The van der Waals surface area contributed by atoms with Gasteiger partial charge >= 0.3 is 0 Å². The molecule has 9 heteroatoms. The number of carbonyl (C=O) groups is 1. The van der Waals surface area contributed by atoms with Crippen molar-refractivity contribution in [2.45, 2.75) is 19.9 Å². The van der Waals surface area contributed by atoms with E-state index in [2.05, 4.69) is 5.32 Å². The Balaban J connectivity index is 1.68. The Kier molecular flexibility index (Phi) is 7.84. The van der Waals surface area contributed by atoms with Gasteiger partial charge < -0.3 is 19.5 Å². The molecule has 0 unspecified atom stereocenters. The molecule has 40 heavy (non-hydrogen) atoms. The molecular formula is C31H29N3O5S. The number of hydrogen-bond donors (Lipinski definition) is 1. The Morgan fingerprint density at radius 3 is 2.42 bits per heavy atom. The molecule has 1 aliphatic rings. The molecule has 3 aromatic carbocycles. The largest absolute Gasteiger partial charge is 0.497 e.